The molecule has 10 nitrogen and oxygen atoms in total. The molecular weight excluding hydrogens is 648 g/mol. The highest BCUT2D eigenvalue weighted by Crippen LogP contribution is 2.69. The number of aliphatic hydroxyl groups is 1. The second-order valence-electron chi connectivity index (χ2n) is 17.5. The summed E-state index contributed by atoms with van der Waals surface area (Å²) in [4.78, 5) is 47.8. The Morgan fingerprint density at radius 3 is 2.06 bits per heavy atom. The highest BCUT2D eigenvalue weighted by molar-refractivity contribution is 5.83. The van der Waals surface area contributed by atoms with E-state index in [0.717, 1.165) is 44.9 Å². The standard InChI is InChI=1S/C41H70N2O8/c1-6-9-25(2)31-14-15-32-38-33(24-37(41(31,32)5)51-21-8-11-29(46)13-17-35(43)39(48)49)40(4)19-18-30(47)22-27(40)23-36(38)50-20-7-10-28(45)12-16-34(42)26(3)44/h25,27,30-38,47H,6-24,42-43H2,1-5H3,(H,48,49)/t25-,27+,30-,31-,32+,33+,34?,35?,36-,37+,38+,40+,41-/m1/s1. The average Bonchev–Trinajstić information content (AvgIpc) is 3.44. The fourth-order valence-electron chi connectivity index (χ4n) is 11.4. The predicted molar refractivity (Wildman–Crippen MR) is 197 cm³/mol. The molecule has 2 unspecified atom stereocenters. The number of Topliss-reactive ketones (excluding diaryl/α,β-unsaturated/α-hetero) is 3. The molecule has 0 aromatic carbocycles. The lowest BCUT2D eigenvalue weighted by Crippen LogP contribution is -2.63. The Bertz CT molecular complexity index is 1200. The van der Waals surface area contributed by atoms with Crippen molar-refractivity contribution in [3.8, 4) is 0 Å². The zero-order valence-corrected chi connectivity index (χ0v) is 32.3. The van der Waals surface area contributed by atoms with Crippen LogP contribution >= 0.6 is 0 Å². The van der Waals surface area contributed by atoms with Gasteiger partial charge in [-0.1, -0.05) is 40.5 Å². The molecule has 6 N–H and O–H groups in total. The number of carboxylic acids is 1. The van der Waals surface area contributed by atoms with Gasteiger partial charge in [-0.2, -0.15) is 0 Å². The summed E-state index contributed by atoms with van der Waals surface area (Å²) in [5, 5.41) is 19.9. The Balaban J connectivity index is 1.50. The minimum absolute atomic E-state index is 0.0293. The quantitative estimate of drug-likeness (QED) is 0.103. The van der Waals surface area contributed by atoms with E-state index in [2.05, 4.69) is 27.7 Å². The van der Waals surface area contributed by atoms with Crippen LogP contribution < -0.4 is 11.5 Å². The van der Waals surface area contributed by atoms with Gasteiger partial charge >= 0.3 is 5.97 Å². The van der Waals surface area contributed by atoms with Crippen molar-refractivity contribution in [1.82, 2.24) is 0 Å². The number of ether oxygens (including phenoxy) is 2. The molecule has 0 amide bonds. The van der Waals surface area contributed by atoms with Gasteiger partial charge in [-0.05, 0) is 118 Å². The van der Waals surface area contributed by atoms with E-state index in [1.807, 2.05) is 0 Å². The highest BCUT2D eigenvalue weighted by Gasteiger charge is 2.66. The van der Waals surface area contributed by atoms with Crippen molar-refractivity contribution in [2.45, 2.75) is 174 Å². The van der Waals surface area contributed by atoms with Gasteiger partial charge in [0.25, 0.3) is 0 Å². The smallest absolute Gasteiger partial charge is 0.320 e. The average molecular weight is 719 g/mol. The topological polar surface area (TPSA) is 179 Å². The van der Waals surface area contributed by atoms with Gasteiger partial charge in [0.2, 0.25) is 0 Å². The van der Waals surface area contributed by atoms with Crippen LogP contribution in [0.25, 0.3) is 0 Å². The molecule has 0 aromatic rings. The molecule has 4 aliphatic rings. The fourth-order valence-corrected chi connectivity index (χ4v) is 11.4. The molecule has 0 saturated heterocycles. The summed E-state index contributed by atoms with van der Waals surface area (Å²) in [6.45, 7) is 12.1. The maximum atomic E-state index is 12.6. The molecule has 0 aromatic heterocycles. The van der Waals surface area contributed by atoms with Gasteiger partial charge in [0.15, 0.2) is 0 Å². The van der Waals surface area contributed by atoms with E-state index in [4.69, 9.17) is 26.0 Å². The molecule has 0 bridgehead atoms. The van der Waals surface area contributed by atoms with Crippen LogP contribution in [0.2, 0.25) is 0 Å². The molecule has 4 fully saturated rings. The van der Waals surface area contributed by atoms with Crippen molar-refractivity contribution in [3.05, 3.63) is 0 Å². The molecule has 0 spiro atoms. The van der Waals surface area contributed by atoms with E-state index < -0.39 is 18.1 Å². The summed E-state index contributed by atoms with van der Waals surface area (Å²) in [5.41, 5.74) is 11.5. The van der Waals surface area contributed by atoms with Gasteiger partial charge in [-0.3, -0.25) is 19.2 Å². The molecule has 0 radical (unpaired) electrons. The number of carbonyl (C=O) groups is 4. The molecule has 292 valence electrons. The Morgan fingerprint density at radius 2 is 1.45 bits per heavy atom. The monoisotopic (exact) mass is 719 g/mol. The Hall–Kier alpha value is -1.72. The molecule has 4 saturated carbocycles. The first kappa shape index (κ1) is 42.0. The third-order valence-corrected chi connectivity index (χ3v) is 14.4. The second kappa shape index (κ2) is 18.5. The van der Waals surface area contributed by atoms with Crippen LogP contribution in [0.5, 0.6) is 0 Å². The first-order valence-electron chi connectivity index (χ1n) is 20.3. The first-order chi connectivity index (χ1) is 24.1. The molecule has 0 heterocycles. The third kappa shape index (κ3) is 9.88. The van der Waals surface area contributed by atoms with Crippen LogP contribution in [0.3, 0.4) is 0 Å². The molecule has 0 aliphatic heterocycles. The zero-order chi connectivity index (χ0) is 37.5. The largest absolute Gasteiger partial charge is 0.480 e. The van der Waals surface area contributed by atoms with Crippen LogP contribution in [-0.2, 0) is 28.7 Å². The summed E-state index contributed by atoms with van der Waals surface area (Å²) >= 11 is 0. The van der Waals surface area contributed by atoms with Gasteiger partial charge < -0.3 is 31.2 Å². The number of ketones is 3. The van der Waals surface area contributed by atoms with E-state index in [0.29, 0.717) is 87.2 Å². The molecule has 13 atom stereocenters. The van der Waals surface area contributed by atoms with Crippen LogP contribution in [-0.4, -0.2) is 77.1 Å². The Kier molecular flexibility index (Phi) is 15.3. The van der Waals surface area contributed by atoms with E-state index in [1.54, 1.807) is 0 Å². The van der Waals surface area contributed by atoms with E-state index >= 15 is 0 Å². The second-order valence-corrected chi connectivity index (χ2v) is 17.5. The lowest BCUT2D eigenvalue weighted by Gasteiger charge is -2.64. The van der Waals surface area contributed by atoms with Crippen molar-refractivity contribution in [3.63, 3.8) is 0 Å². The summed E-state index contributed by atoms with van der Waals surface area (Å²) in [6.07, 6.45) is 12.1. The lowest BCUT2D eigenvalue weighted by atomic mass is 9.43. The molecular formula is C41H70N2O8. The van der Waals surface area contributed by atoms with Crippen molar-refractivity contribution in [1.29, 1.82) is 0 Å². The van der Waals surface area contributed by atoms with Gasteiger partial charge in [-0.15, -0.1) is 0 Å². The summed E-state index contributed by atoms with van der Waals surface area (Å²) in [6, 6.07) is -1.59. The summed E-state index contributed by atoms with van der Waals surface area (Å²) in [7, 11) is 0. The van der Waals surface area contributed by atoms with Crippen molar-refractivity contribution < 1.29 is 38.9 Å². The van der Waals surface area contributed by atoms with Gasteiger partial charge in [-0.25, -0.2) is 0 Å². The fraction of sp³-hybridized carbons (Fsp3) is 0.902. The molecule has 4 aliphatic carbocycles. The SMILES string of the molecule is CCC[C@@H](C)[C@H]1CC[C@H]2[C@@H]3[C@H](OCCCC(=O)CCC(N)C(C)=O)C[C@@H]4C[C@H](O)CC[C@]4(C)[C@H]3C[C@H](OCCCC(=O)CCC(N)C(=O)O)[C@]12C. The molecule has 4 rings (SSSR count). The zero-order valence-electron chi connectivity index (χ0n) is 32.3. The number of hydrogen-bond acceptors (Lipinski definition) is 9. The maximum Gasteiger partial charge on any atom is 0.320 e. The number of nitrogens with two attached hydrogens (primary N) is 2. The van der Waals surface area contributed by atoms with Crippen LogP contribution in [0.15, 0.2) is 0 Å². The minimum atomic E-state index is -1.08. The molecule has 51 heavy (non-hydrogen) atoms. The van der Waals surface area contributed by atoms with Crippen LogP contribution in [0.4, 0.5) is 0 Å². The molecule has 10 heteroatoms. The summed E-state index contributed by atoms with van der Waals surface area (Å²) < 4.78 is 13.8. The van der Waals surface area contributed by atoms with Crippen molar-refractivity contribution in [2.75, 3.05) is 13.2 Å². The van der Waals surface area contributed by atoms with E-state index in [-0.39, 0.29) is 59.3 Å². The first-order valence-corrected chi connectivity index (χ1v) is 20.3. The lowest BCUT2D eigenvalue weighted by molar-refractivity contribution is -0.226. The van der Waals surface area contributed by atoms with E-state index in [1.165, 1.54) is 19.8 Å². The van der Waals surface area contributed by atoms with Gasteiger partial charge in [0.05, 0.1) is 24.4 Å². The predicted octanol–water partition coefficient (Wildman–Crippen LogP) is 6.02. The van der Waals surface area contributed by atoms with Crippen molar-refractivity contribution >= 4 is 23.3 Å². The van der Waals surface area contributed by atoms with Crippen LogP contribution in [0, 0.1) is 46.3 Å². The van der Waals surface area contributed by atoms with E-state index in [9.17, 15) is 24.3 Å². The Labute approximate surface area is 306 Å². The number of carboxylic acid groups (broad SMARTS) is 1. The highest BCUT2D eigenvalue weighted by atomic mass is 16.5. The number of carbonyl (C=O) groups excluding carboxylic acids is 3. The van der Waals surface area contributed by atoms with Crippen LogP contribution in [0.1, 0.15) is 144 Å². The summed E-state index contributed by atoms with van der Waals surface area (Å²) in [5.74, 6) is 1.67. The number of rotatable bonds is 21. The minimum Gasteiger partial charge on any atom is -0.480 e. The third-order valence-electron chi connectivity index (χ3n) is 14.4. The Morgan fingerprint density at radius 1 is 0.824 bits per heavy atom. The normalized spacial score (nSPS) is 36.3. The van der Waals surface area contributed by atoms with Gasteiger partial charge in [0.1, 0.15) is 23.4 Å². The number of aliphatic hydroxyl groups excluding tert-OH is 1. The number of hydrogen-bond donors (Lipinski definition) is 4. The van der Waals surface area contributed by atoms with Crippen molar-refractivity contribution in [2.24, 2.45) is 57.8 Å². The number of aliphatic carboxylic acids is 1. The number of fused-ring (bicyclic) bond motifs is 5. The maximum absolute atomic E-state index is 12.6. The van der Waals surface area contributed by atoms with Gasteiger partial charge in [0, 0.05) is 44.3 Å².